The van der Waals surface area contributed by atoms with Gasteiger partial charge in [-0.1, -0.05) is 0 Å². The monoisotopic (exact) mass is 216 g/mol. The summed E-state index contributed by atoms with van der Waals surface area (Å²) in [5.74, 6) is -0.488. The van der Waals surface area contributed by atoms with Crippen LogP contribution in [-0.2, 0) is 14.3 Å². The van der Waals surface area contributed by atoms with Gasteiger partial charge >= 0.3 is 0 Å². The quantitative estimate of drug-likeness (QED) is 0.664. The van der Waals surface area contributed by atoms with Gasteiger partial charge in [-0.05, 0) is 26.2 Å². The first-order valence-electron chi connectivity index (χ1n) is 5.30. The van der Waals surface area contributed by atoms with Crippen LogP contribution in [0.3, 0.4) is 0 Å². The Morgan fingerprint density at radius 3 is 2.67 bits per heavy atom. The van der Waals surface area contributed by atoms with Crippen molar-refractivity contribution in [2.75, 3.05) is 19.8 Å². The molecule has 15 heavy (non-hydrogen) atoms. The molecule has 1 aliphatic rings. The number of rotatable bonds is 5. The summed E-state index contributed by atoms with van der Waals surface area (Å²) in [5, 5.41) is 0. The maximum absolute atomic E-state index is 10.9. The van der Waals surface area contributed by atoms with Crippen LogP contribution in [0.1, 0.15) is 26.2 Å². The summed E-state index contributed by atoms with van der Waals surface area (Å²) in [6.45, 7) is 3.60. The van der Waals surface area contributed by atoms with Gasteiger partial charge in [0.15, 0.2) is 0 Å². The van der Waals surface area contributed by atoms with Crippen LogP contribution in [0.5, 0.6) is 0 Å². The summed E-state index contributed by atoms with van der Waals surface area (Å²) in [4.78, 5) is 10.9. The Morgan fingerprint density at radius 2 is 2.13 bits per heavy atom. The minimum atomic E-state index is -0.967. The molecule has 1 atom stereocenters. The second-order valence-corrected chi connectivity index (χ2v) is 4.21. The number of hydrogen-bond acceptors (Lipinski definition) is 4. The van der Waals surface area contributed by atoms with Gasteiger partial charge in [0.05, 0.1) is 11.6 Å². The van der Waals surface area contributed by atoms with E-state index in [2.05, 4.69) is 0 Å². The molecule has 5 heteroatoms. The molecule has 0 spiro atoms. The smallest absolute Gasteiger partial charge is 0.237 e. The maximum atomic E-state index is 10.9. The first kappa shape index (κ1) is 12.4. The van der Waals surface area contributed by atoms with Crippen molar-refractivity contribution in [2.24, 2.45) is 11.5 Å². The Kier molecular flexibility index (Phi) is 4.50. The Hall–Kier alpha value is -0.650. The number of hydrogen-bond donors (Lipinski definition) is 2. The van der Waals surface area contributed by atoms with E-state index in [4.69, 9.17) is 20.9 Å². The molecular formula is C10H20N2O3. The van der Waals surface area contributed by atoms with Crippen LogP contribution in [0.25, 0.3) is 0 Å². The average Bonchev–Trinajstić information content (AvgIpc) is 2.19. The molecule has 1 saturated heterocycles. The third kappa shape index (κ3) is 4.15. The Labute approximate surface area is 90.1 Å². The number of primary amides is 1. The lowest BCUT2D eigenvalue weighted by Gasteiger charge is -2.25. The van der Waals surface area contributed by atoms with Gasteiger partial charge in [0.25, 0.3) is 0 Å². The van der Waals surface area contributed by atoms with Gasteiger partial charge in [-0.15, -0.1) is 0 Å². The summed E-state index contributed by atoms with van der Waals surface area (Å²) in [6.07, 6.45) is 2.53. The van der Waals surface area contributed by atoms with Crippen molar-refractivity contribution in [3.05, 3.63) is 0 Å². The van der Waals surface area contributed by atoms with E-state index in [0.717, 1.165) is 26.1 Å². The third-order valence-electron chi connectivity index (χ3n) is 2.71. The second-order valence-electron chi connectivity index (χ2n) is 4.21. The molecule has 1 amide bonds. The summed E-state index contributed by atoms with van der Waals surface area (Å²) >= 11 is 0. The van der Waals surface area contributed by atoms with Crippen molar-refractivity contribution in [3.63, 3.8) is 0 Å². The highest BCUT2D eigenvalue weighted by Gasteiger charge is 2.25. The van der Waals surface area contributed by atoms with Crippen LogP contribution in [0.15, 0.2) is 0 Å². The second kappa shape index (κ2) is 5.44. The molecule has 4 N–H and O–H groups in total. The van der Waals surface area contributed by atoms with E-state index in [1.54, 1.807) is 6.92 Å². The minimum Gasteiger partial charge on any atom is -0.381 e. The van der Waals surface area contributed by atoms with Crippen molar-refractivity contribution in [1.82, 2.24) is 0 Å². The molecule has 1 heterocycles. The van der Waals surface area contributed by atoms with E-state index in [-0.39, 0.29) is 6.10 Å². The van der Waals surface area contributed by atoms with Crippen molar-refractivity contribution in [3.8, 4) is 0 Å². The van der Waals surface area contributed by atoms with Gasteiger partial charge in [0.1, 0.15) is 0 Å². The molecule has 0 aromatic carbocycles. The molecule has 5 nitrogen and oxygen atoms in total. The minimum absolute atomic E-state index is 0.238. The number of carbonyl (C=O) groups excluding carboxylic acids is 1. The van der Waals surface area contributed by atoms with Crippen molar-refractivity contribution in [1.29, 1.82) is 0 Å². The van der Waals surface area contributed by atoms with Gasteiger partial charge in [0, 0.05) is 19.8 Å². The Balaban J connectivity index is 2.17. The van der Waals surface area contributed by atoms with E-state index in [0.29, 0.717) is 13.0 Å². The third-order valence-corrected chi connectivity index (χ3v) is 2.71. The molecule has 1 aliphatic heterocycles. The normalized spacial score (nSPS) is 22.3. The van der Waals surface area contributed by atoms with E-state index in [9.17, 15) is 4.79 Å². The Morgan fingerprint density at radius 1 is 1.53 bits per heavy atom. The fourth-order valence-electron chi connectivity index (χ4n) is 1.40. The molecule has 0 saturated carbocycles. The summed E-state index contributed by atoms with van der Waals surface area (Å²) < 4.78 is 10.8. The molecule has 0 aromatic heterocycles. The fourth-order valence-corrected chi connectivity index (χ4v) is 1.40. The van der Waals surface area contributed by atoms with Gasteiger partial charge < -0.3 is 20.9 Å². The number of ether oxygens (including phenoxy) is 2. The summed E-state index contributed by atoms with van der Waals surface area (Å²) in [5.41, 5.74) is 9.88. The number of amides is 1. The predicted octanol–water partition coefficient (Wildman–Crippen LogP) is -0.225. The van der Waals surface area contributed by atoms with Crippen LogP contribution in [0.4, 0.5) is 0 Å². The van der Waals surface area contributed by atoms with Crippen LogP contribution in [0.2, 0.25) is 0 Å². The van der Waals surface area contributed by atoms with Crippen LogP contribution in [-0.4, -0.2) is 37.4 Å². The number of nitrogens with two attached hydrogens (primary N) is 2. The molecule has 1 unspecified atom stereocenters. The SMILES string of the molecule is CC(N)(CCOC1CCOCC1)C(N)=O. The van der Waals surface area contributed by atoms with Gasteiger partial charge in [-0.3, -0.25) is 4.79 Å². The first-order chi connectivity index (χ1) is 7.02. The first-order valence-corrected chi connectivity index (χ1v) is 5.30. The molecule has 1 rings (SSSR count). The summed E-state index contributed by atoms with van der Waals surface area (Å²) in [6, 6.07) is 0. The average molecular weight is 216 g/mol. The van der Waals surface area contributed by atoms with Crippen LogP contribution < -0.4 is 11.5 Å². The molecule has 0 aliphatic carbocycles. The largest absolute Gasteiger partial charge is 0.381 e. The summed E-state index contributed by atoms with van der Waals surface area (Å²) in [7, 11) is 0. The lowest BCUT2D eigenvalue weighted by molar-refractivity contribution is -0.123. The fraction of sp³-hybridized carbons (Fsp3) is 0.900. The highest BCUT2D eigenvalue weighted by molar-refractivity contribution is 5.83. The Bertz CT molecular complexity index is 213. The van der Waals surface area contributed by atoms with Crippen molar-refractivity contribution in [2.45, 2.75) is 37.8 Å². The lowest BCUT2D eigenvalue weighted by atomic mass is 9.99. The molecule has 88 valence electrons. The molecule has 0 aromatic rings. The highest BCUT2D eigenvalue weighted by atomic mass is 16.5. The standard InChI is InChI=1S/C10H20N2O3/c1-10(12,9(11)13)4-7-15-8-2-5-14-6-3-8/h8H,2-7,12H2,1H3,(H2,11,13). The van der Waals surface area contributed by atoms with Crippen LogP contribution in [0, 0.1) is 0 Å². The zero-order valence-electron chi connectivity index (χ0n) is 9.20. The molecule has 0 bridgehead atoms. The predicted molar refractivity (Wildman–Crippen MR) is 56.2 cm³/mol. The van der Waals surface area contributed by atoms with E-state index >= 15 is 0 Å². The van der Waals surface area contributed by atoms with Gasteiger partial charge in [-0.2, -0.15) is 0 Å². The molecular weight excluding hydrogens is 196 g/mol. The van der Waals surface area contributed by atoms with E-state index in [1.165, 1.54) is 0 Å². The van der Waals surface area contributed by atoms with Crippen molar-refractivity contribution >= 4 is 5.91 Å². The maximum Gasteiger partial charge on any atom is 0.237 e. The topological polar surface area (TPSA) is 87.6 Å². The lowest BCUT2D eigenvalue weighted by Crippen LogP contribution is -2.50. The molecule has 1 fully saturated rings. The highest BCUT2D eigenvalue weighted by Crippen LogP contribution is 2.12. The van der Waals surface area contributed by atoms with Crippen molar-refractivity contribution < 1.29 is 14.3 Å². The van der Waals surface area contributed by atoms with E-state index in [1.807, 2.05) is 0 Å². The van der Waals surface area contributed by atoms with Gasteiger partial charge in [-0.25, -0.2) is 0 Å². The molecule has 0 radical (unpaired) electrons. The van der Waals surface area contributed by atoms with Crippen LogP contribution >= 0.6 is 0 Å². The van der Waals surface area contributed by atoms with E-state index < -0.39 is 11.4 Å². The van der Waals surface area contributed by atoms with Gasteiger partial charge in [0.2, 0.25) is 5.91 Å². The number of carbonyl (C=O) groups is 1. The zero-order valence-corrected chi connectivity index (χ0v) is 9.20. The zero-order chi connectivity index (χ0) is 11.3.